The zero-order chi connectivity index (χ0) is 24.9. The average molecular weight is 498 g/mol. The van der Waals surface area contributed by atoms with E-state index >= 15 is 0 Å². The molecule has 2 atom stereocenters. The Hall–Kier alpha value is -3.07. The fourth-order valence-electron chi connectivity index (χ4n) is 4.71. The average Bonchev–Trinajstić information content (AvgIpc) is 3.25. The van der Waals surface area contributed by atoms with Crippen LogP contribution in [0.2, 0.25) is 0 Å². The van der Waals surface area contributed by atoms with Gasteiger partial charge in [-0.05, 0) is 44.6 Å². The minimum absolute atomic E-state index is 0.0529. The van der Waals surface area contributed by atoms with Gasteiger partial charge in [-0.25, -0.2) is 9.79 Å². The predicted octanol–water partition coefficient (Wildman–Crippen LogP) is 4.02. The van der Waals surface area contributed by atoms with E-state index in [0.717, 1.165) is 29.3 Å². The monoisotopic (exact) mass is 497 g/mol. The molecule has 0 spiro atoms. The normalized spacial score (nSPS) is 21.8. The molecular formula is C26H31N3O5S. The van der Waals surface area contributed by atoms with Gasteiger partial charge in [0.15, 0.2) is 5.17 Å². The Labute approximate surface area is 210 Å². The Morgan fingerprint density at radius 1 is 1.11 bits per heavy atom. The third kappa shape index (κ3) is 5.29. The summed E-state index contributed by atoms with van der Waals surface area (Å²) in [5.74, 6) is -0.986. The molecular weight excluding hydrogens is 466 g/mol. The van der Waals surface area contributed by atoms with Crippen molar-refractivity contribution in [2.45, 2.75) is 46.1 Å². The Bertz CT molecular complexity index is 1080. The van der Waals surface area contributed by atoms with E-state index in [9.17, 15) is 14.4 Å². The first kappa shape index (κ1) is 25.0. The topological polar surface area (TPSA) is 88.5 Å². The fraction of sp³-hybridized carbons (Fsp3) is 0.462. The minimum Gasteiger partial charge on any atom is -0.466 e. The number of aliphatic imine (C=N–C) groups is 1. The number of piperidine rings is 1. The molecule has 0 radical (unpaired) electrons. The standard InChI is InChI=1S/C26H31N3O5S/c1-4-33-24(31)19-12-9-13-28(15-19)21(30)14-20-16-35-26-27-17(3)22(25(32)34-5-2)23(29(20)26)18-10-7-6-8-11-18/h6-8,10-11,16,19,23H,4-5,9,12-15H2,1-3H3. The SMILES string of the molecule is CCOC(=O)C1=C(C)N=C2SC=C(CC(=O)N3CCCC(C(=O)OCC)C3)N2C1c1ccccc1. The van der Waals surface area contributed by atoms with Crippen LogP contribution in [0.4, 0.5) is 0 Å². The highest BCUT2D eigenvalue weighted by Gasteiger charge is 2.41. The van der Waals surface area contributed by atoms with Crippen LogP contribution in [0, 0.1) is 5.92 Å². The van der Waals surface area contributed by atoms with E-state index in [-0.39, 0.29) is 30.8 Å². The number of carbonyl (C=O) groups excluding carboxylic acids is 3. The van der Waals surface area contributed by atoms with E-state index in [4.69, 9.17) is 9.47 Å². The number of hydrogen-bond acceptors (Lipinski definition) is 8. The molecule has 3 aliphatic heterocycles. The van der Waals surface area contributed by atoms with Gasteiger partial charge in [0.05, 0.1) is 42.9 Å². The van der Waals surface area contributed by atoms with Crippen molar-refractivity contribution in [3.63, 3.8) is 0 Å². The Morgan fingerprint density at radius 2 is 1.86 bits per heavy atom. The summed E-state index contributed by atoms with van der Waals surface area (Å²) in [6.07, 6.45) is 1.65. The van der Waals surface area contributed by atoms with E-state index in [2.05, 4.69) is 4.99 Å². The lowest BCUT2D eigenvalue weighted by molar-refractivity contribution is -0.151. The number of esters is 2. The zero-order valence-corrected chi connectivity index (χ0v) is 21.2. The van der Waals surface area contributed by atoms with E-state index in [1.54, 1.807) is 18.7 Å². The molecule has 35 heavy (non-hydrogen) atoms. The van der Waals surface area contributed by atoms with Crippen molar-refractivity contribution in [1.29, 1.82) is 0 Å². The molecule has 0 aliphatic carbocycles. The first-order valence-corrected chi connectivity index (χ1v) is 12.9. The number of hydrogen-bond donors (Lipinski definition) is 0. The molecule has 9 heteroatoms. The molecule has 0 N–H and O–H groups in total. The lowest BCUT2D eigenvalue weighted by atomic mass is 9.93. The van der Waals surface area contributed by atoms with Crippen LogP contribution in [0.3, 0.4) is 0 Å². The number of amidine groups is 1. The number of rotatable bonds is 7. The van der Waals surface area contributed by atoms with Gasteiger partial charge < -0.3 is 19.3 Å². The summed E-state index contributed by atoms with van der Waals surface area (Å²) in [5, 5.41) is 2.66. The second-order valence-electron chi connectivity index (χ2n) is 8.63. The molecule has 1 amide bonds. The number of likely N-dealkylation sites (tertiary alicyclic amines) is 1. The molecule has 0 bridgehead atoms. The van der Waals surface area contributed by atoms with Gasteiger partial charge in [0, 0.05) is 18.8 Å². The summed E-state index contributed by atoms with van der Waals surface area (Å²) in [6, 6.07) is 9.29. The molecule has 0 saturated carbocycles. The second-order valence-corrected chi connectivity index (χ2v) is 9.47. The van der Waals surface area contributed by atoms with Crippen molar-refractivity contribution < 1.29 is 23.9 Å². The van der Waals surface area contributed by atoms with Crippen molar-refractivity contribution in [1.82, 2.24) is 9.80 Å². The van der Waals surface area contributed by atoms with Crippen LogP contribution < -0.4 is 0 Å². The minimum atomic E-state index is -0.439. The van der Waals surface area contributed by atoms with Gasteiger partial charge in [-0.3, -0.25) is 9.59 Å². The zero-order valence-electron chi connectivity index (χ0n) is 20.4. The van der Waals surface area contributed by atoms with Crippen molar-refractivity contribution in [2.75, 3.05) is 26.3 Å². The number of carbonyl (C=O) groups is 3. The van der Waals surface area contributed by atoms with Gasteiger partial charge in [-0.2, -0.15) is 0 Å². The molecule has 186 valence electrons. The largest absolute Gasteiger partial charge is 0.466 e. The Balaban J connectivity index is 1.58. The second kappa shape index (κ2) is 11.1. The van der Waals surface area contributed by atoms with Crippen molar-refractivity contribution in [2.24, 2.45) is 10.9 Å². The van der Waals surface area contributed by atoms with Gasteiger partial charge in [-0.15, -0.1) is 0 Å². The van der Waals surface area contributed by atoms with Crippen molar-refractivity contribution in [3.05, 3.63) is 58.3 Å². The molecule has 1 saturated heterocycles. The van der Waals surface area contributed by atoms with Crippen LogP contribution in [-0.2, 0) is 23.9 Å². The van der Waals surface area contributed by atoms with Crippen LogP contribution in [0.5, 0.6) is 0 Å². The first-order chi connectivity index (χ1) is 16.9. The van der Waals surface area contributed by atoms with Crippen LogP contribution in [0.1, 0.15) is 51.6 Å². The molecule has 3 aliphatic rings. The lowest BCUT2D eigenvalue weighted by Crippen LogP contribution is -2.44. The third-order valence-corrected chi connectivity index (χ3v) is 7.23. The predicted molar refractivity (Wildman–Crippen MR) is 134 cm³/mol. The van der Waals surface area contributed by atoms with Crippen molar-refractivity contribution >= 4 is 34.8 Å². The van der Waals surface area contributed by atoms with E-state index in [1.807, 2.05) is 47.6 Å². The molecule has 1 aromatic carbocycles. The maximum atomic E-state index is 13.3. The van der Waals surface area contributed by atoms with Crippen LogP contribution in [0.15, 0.2) is 57.7 Å². The molecule has 1 fully saturated rings. The van der Waals surface area contributed by atoms with E-state index in [1.165, 1.54) is 11.8 Å². The first-order valence-electron chi connectivity index (χ1n) is 12.0. The number of fused-ring (bicyclic) bond motifs is 1. The summed E-state index contributed by atoms with van der Waals surface area (Å²) >= 11 is 1.45. The van der Waals surface area contributed by atoms with Crippen molar-refractivity contribution in [3.8, 4) is 0 Å². The van der Waals surface area contributed by atoms with E-state index in [0.29, 0.717) is 31.0 Å². The molecule has 8 nitrogen and oxygen atoms in total. The number of nitrogens with zero attached hydrogens (tertiary/aromatic N) is 3. The van der Waals surface area contributed by atoms with Gasteiger partial charge in [0.25, 0.3) is 0 Å². The number of allylic oxidation sites excluding steroid dienone is 1. The Kier molecular flexibility index (Phi) is 7.95. The quantitative estimate of drug-likeness (QED) is 0.526. The summed E-state index contributed by atoms with van der Waals surface area (Å²) in [7, 11) is 0. The summed E-state index contributed by atoms with van der Waals surface area (Å²) < 4.78 is 10.6. The molecule has 2 unspecified atom stereocenters. The Morgan fingerprint density at radius 3 is 2.57 bits per heavy atom. The summed E-state index contributed by atoms with van der Waals surface area (Å²) in [5.41, 5.74) is 2.79. The van der Waals surface area contributed by atoms with Gasteiger partial charge in [-0.1, -0.05) is 42.1 Å². The molecule has 4 rings (SSSR count). The summed E-state index contributed by atoms with van der Waals surface area (Å²) in [6.45, 7) is 6.97. The molecule has 0 aromatic heterocycles. The van der Waals surface area contributed by atoms with Gasteiger partial charge >= 0.3 is 11.9 Å². The lowest BCUT2D eigenvalue weighted by Gasteiger charge is -2.37. The fourth-order valence-corrected chi connectivity index (χ4v) is 5.68. The van der Waals surface area contributed by atoms with Crippen LogP contribution >= 0.6 is 11.8 Å². The third-order valence-electron chi connectivity index (χ3n) is 6.34. The maximum Gasteiger partial charge on any atom is 0.338 e. The van der Waals surface area contributed by atoms with Crippen LogP contribution in [0.25, 0.3) is 0 Å². The maximum absolute atomic E-state index is 13.3. The smallest absolute Gasteiger partial charge is 0.338 e. The number of benzene rings is 1. The highest BCUT2D eigenvalue weighted by atomic mass is 32.2. The highest BCUT2D eigenvalue weighted by molar-refractivity contribution is 8.16. The number of amides is 1. The van der Waals surface area contributed by atoms with Gasteiger partial charge in [0.2, 0.25) is 5.91 Å². The number of ether oxygens (including phenoxy) is 2. The highest BCUT2D eigenvalue weighted by Crippen LogP contribution is 2.45. The molecule has 3 heterocycles. The van der Waals surface area contributed by atoms with Crippen LogP contribution in [-0.4, -0.2) is 59.1 Å². The van der Waals surface area contributed by atoms with E-state index < -0.39 is 12.0 Å². The summed E-state index contributed by atoms with van der Waals surface area (Å²) in [4.78, 5) is 47.0. The number of thioether (sulfide) groups is 1. The molecule has 1 aromatic rings. The van der Waals surface area contributed by atoms with Gasteiger partial charge in [0.1, 0.15) is 0 Å².